The molecule has 0 spiro atoms. The van der Waals surface area contributed by atoms with Crippen LogP contribution in [-0.2, 0) is 0 Å². The quantitative estimate of drug-likeness (QED) is 0.864. The summed E-state index contributed by atoms with van der Waals surface area (Å²) in [7, 11) is 0. The summed E-state index contributed by atoms with van der Waals surface area (Å²) in [6.45, 7) is 2.46. The fourth-order valence-corrected chi connectivity index (χ4v) is 2.16. The van der Waals surface area contributed by atoms with E-state index in [0.29, 0.717) is 12.2 Å². The number of halogens is 3. The van der Waals surface area contributed by atoms with Gasteiger partial charge in [-0.25, -0.2) is 8.78 Å². The summed E-state index contributed by atoms with van der Waals surface area (Å²) in [5.74, 6) is -1.23. The molecule has 0 aliphatic rings. The van der Waals surface area contributed by atoms with Gasteiger partial charge in [-0.3, -0.25) is 0 Å². The van der Waals surface area contributed by atoms with E-state index in [9.17, 15) is 8.78 Å². The molecule has 0 saturated heterocycles. The molecule has 2 aromatic rings. The van der Waals surface area contributed by atoms with Crippen molar-refractivity contribution in [2.45, 2.75) is 13.0 Å². The first kappa shape index (κ1) is 14.8. The van der Waals surface area contributed by atoms with Crippen molar-refractivity contribution in [2.75, 3.05) is 6.61 Å². The highest BCUT2D eigenvalue weighted by molar-refractivity contribution is 6.31. The van der Waals surface area contributed by atoms with Crippen LogP contribution in [0.15, 0.2) is 36.4 Å². The average Bonchev–Trinajstić information content (AvgIpc) is 2.43. The molecule has 1 atom stereocenters. The summed E-state index contributed by atoms with van der Waals surface area (Å²) in [4.78, 5) is 0. The van der Waals surface area contributed by atoms with E-state index in [1.54, 1.807) is 24.3 Å². The highest BCUT2D eigenvalue weighted by Gasteiger charge is 2.16. The third-order valence-electron chi connectivity index (χ3n) is 2.92. The average molecular weight is 298 g/mol. The Balaban J connectivity index is 2.31. The molecule has 1 unspecified atom stereocenters. The number of rotatable bonds is 4. The van der Waals surface area contributed by atoms with Crippen LogP contribution in [0, 0.1) is 11.6 Å². The Labute approximate surface area is 121 Å². The fourth-order valence-electron chi connectivity index (χ4n) is 1.89. The van der Waals surface area contributed by atoms with Crippen LogP contribution >= 0.6 is 11.6 Å². The Kier molecular flexibility index (Phi) is 4.57. The maximum Gasteiger partial charge on any atom is 0.160 e. The van der Waals surface area contributed by atoms with Gasteiger partial charge in [-0.2, -0.15) is 0 Å². The van der Waals surface area contributed by atoms with Crippen LogP contribution in [0.5, 0.6) is 5.75 Å². The van der Waals surface area contributed by atoms with Crippen molar-refractivity contribution in [3.8, 4) is 5.75 Å². The second kappa shape index (κ2) is 6.20. The lowest BCUT2D eigenvalue weighted by molar-refractivity contribution is 0.340. The predicted molar refractivity (Wildman–Crippen MR) is 75.0 cm³/mol. The molecule has 0 amide bonds. The van der Waals surface area contributed by atoms with Crippen molar-refractivity contribution in [2.24, 2.45) is 5.73 Å². The number of ether oxygens (including phenoxy) is 1. The van der Waals surface area contributed by atoms with E-state index in [-0.39, 0.29) is 5.02 Å². The van der Waals surface area contributed by atoms with Crippen LogP contribution in [0.3, 0.4) is 0 Å². The van der Waals surface area contributed by atoms with Gasteiger partial charge >= 0.3 is 0 Å². The normalized spacial score (nSPS) is 12.2. The van der Waals surface area contributed by atoms with Crippen LogP contribution in [0.25, 0.3) is 0 Å². The number of benzene rings is 2. The van der Waals surface area contributed by atoms with Gasteiger partial charge in [0.25, 0.3) is 0 Å². The molecule has 0 bridgehead atoms. The Morgan fingerprint density at radius 2 is 1.75 bits per heavy atom. The molecular weight excluding hydrogens is 284 g/mol. The van der Waals surface area contributed by atoms with E-state index in [4.69, 9.17) is 22.1 Å². The van der Waals surface area contributed by atoms with E-state index < -0.39 is 17.7 Å². The van der Waals surface area contributed by atoms with E-state index >= 15 is 0 Å². The molecule has 2 rings (SSSR count). The smallest absolute Gasteiger partial charge is 0.160 e. The van der Waals surface area contributed by atoms with Gasteiger partial charge in [0.15, 0.2) is 11.6 Å². The minimum absolute atomic E-state index is 0.102. The third-order valence-corrected chi connectivity index (χ3v) is 3.25. The van der Waals surface area contributed by atoms with Crippen molar-refractivity contribution in [3.05, 3.63) is 64.2 Å². The van der Waals surface area contributed by atoms with Crippen molar-refractivity contribution < 1.29 is 13.5 Å². The number of hydrogen-bond acceptors (Lipinski definition) is 2. The van der Waals surface area contributed by atoms with E-state index in [0.717, 1.165) is 23.4 Å². The standard InChI is InChI=1S/C15H14ClF2NO/c1-2-20-10-5-3-9(4-6-10)15(19)11-7-13(17)14(18)8-12(11)16/h3-8,15H,2,19H2,1H3. The van der Waals surface area contributed by atoms with Gasteiger partial charge in [-0.15, -0.1) is 0 Å². The van der Waals surface area contributed by atoms with Crippen LogP contribution in [0.2, 0.25) is 5.02 Å². The molecule has 0 radical (unpaired) electrons. The number of nitrogens with two attached hydrogens (primary N) is 1. The zero-order chi connectivity index (χ0) is 14.7. The van der Waals surface area contributed by atoms with Gasteiger partial charge in [0.1, 0.15) is 5.75 Å². The second-order valence-electron chi connectivity index (χ2n) is 4.27. The largest absolute Gasteiger partial charge is 0.494 e. The van der Waals surface area contributed by atoms with Gasteiger partial charge in [0.05, 0.1) is 12.6 Å². The predicted octanol–water partition coefficient (Wildman–Crippen LogP) is 4.07. The molecule has 0 heterocycles. The molecule has 2 N–H and O–H groups in total. The molecule has 0 aliphatic heterocycles. The highest BCUT2D eigenvalue weighted by Crippen LogP contribution is 2.29. The maximum absolute atomic E-state index is 13.3. The second-order valence-corrected chi connectivity index (χ2v) is 4.67. The molecule has 2 nitrogen and oxygen atoms in total. The highest BCUT2D eigenvalue weighted by atomic mass is 35.5. The Morgan fingerprint density at radius 1 is 1.15 bits per heavy atom. The summed E-state index contributed by atoms with van der Waals surface area (Å²) < 4.78 is 31.7. The third kappa shape index (κ3) is 3.08. The van der Waals surface area contributed by atoms with Crippen LogP contribution < -0.4 is 10.5 Å². The van der Waals surface area contributed by atoms with Crippen molar-refractivity contribution in [1.29, 1.82) is 0 Å². The van der Waals surface area contributed by atoms with Gasteiger partial charge < -0.3 is 10.5 Å². The molecule has 2 aromatic carbocycles. The topological polar surface area (TPSA) is 35.2 Å². The van der Waals surface area contributed by atoms with Crippen LogP contribution in [-0.4, -0.2) is 6.61 Å². The van der Waals surface area contributed by atoms with Crippen molar-refractivity contribution >= 4 is 11.6 Å². The van der Waals surface area contributed by atoms with Gasteiger partial charge in [-0.05, 0) is 42.3 Å². The molecule has 106 valence electrons. The van der Waals surface area contributed by atoms with Gasteiger partial charge in [0.2, 0.25) is 0 Å². The summed E-state index contributed by atoms with van der Waals surface area (Å²) >= 11 is 5.92. The number of hydrogen-bond donors (Lipinski definition) is 1. The minimum atomic E-state index is -0.988. The van der Waals surface area contributed by atoms with Crippen molar-refractivity contribution in [3.63, 3.8) is 0 Å². The molecule has 5 heteroatoms. The first-order valence-corrected chi connectivity index (χ1v) is 6.53. The summed E-state index contributed by atoms with van der Waals surface area (Å²) in [5, 5.41) is 0.102. The molecule has 0 aliphatic carbocycles. The maximum atomic E-state index is 13.3. The van der Waals surface area contributed by atoms with E-state index in [2.05, 4.69) is 0 Å². The Hall–Kier alpha value is -1.65. The van der Waals surface area contributed by atoms with Crippen molar-refractivity contribution in [1.82, 2.24) is 0 Å². The first-order valence-electron chi connectivity index (χ1n) is 6.15. The lowest BCUT2D eigenvalue weighted by atomic mass is 9.99. The SMILES string of the molecule is CCOc1ccc(C(N)c2cc(F)c(F)cc2Cl)cc1. The first-order chi connectivity index (χ1) is 9.52. The van der Waals surface area contributed by atoms with Gasteiger partial charge in [-0.1, -0.05) is 23.7 Å². The molecule has 20 heavy (non-hydrogen) atoms. The fraction of sp³-hybridized carbons (Fsp3) is 0.200. The molecule has 0 aromatic heterocycles. The zero-order valence-electron chi connectivity index (χ0n) is 10.9. The Morgan fingerprint density at radius 3 is 2.35 bits per heavy atom. The molecule has 0 fully saturated rings. The lowest BCUT2D eigenvalue weighted by Gasteiger charge is -2.15. The van der Waals surface area contributed by atoms with Crippen LogP contribution in [0.4, 0.5) is 8.78 Å². The summed E-state index contributed by atoms with van der Waals surface area (Å²) in [6.07, 6.45) is 0. The lowest BCUT2D eigenvalue weighted by Crippen LogP contribution is -2.13. The van der Waals surface area contributed by atoms with E-state index in [1.807, 2.05) is 6.92 Å². The zero-order valence-corrected chi connectivity index (χ0v) is 11.6. The summed E-state index contributed by atoms with van der Waals surface area (Å²) in [5.41, 5.74) is 7.13. The van der Waals surface area contributed by atoms with Crippen LogP contribution in [0.1, 0.15) is 24.1 Å². The molecular formula is C15H14ClF2NO. The summed E-state index contributed by atoms with van der Waals surface area (Å²) in [6, 6.07) is 8.41. The molecule has 0 saturated carbocycles. The van der Waals surface area contributed by atoms with E-state index in [1.165, 1.54) is 0 Å². The minimum Gasteiger partial charge on any atom is -0.494 e. The Bertz CT molecular complexity index is 602. The monoisotopic (exact) mass is 297 g/mol. The van der Waals surface area contributed by atoms with Gasteiger partial charge in [0, 0.05) is 5.02 Å².